The van der Waals surface area contributed by atoms with Gasteiger partial charge in [-0.25, -0.2) is 0 Å². The van der Waals surface area contributed by atoms with Crippen molar-refractivity contribution in [2.75, 3.05) is 13.1 Å². The summed E-state index contributed by atoms with van der Waals surface area (Å²) in [5, 5.41) is 58.7. The van der Waals surface area contributed by atoms with Crippen LogP contribution in [-0.2, 0) is 53.0 Å². The average Bonchev–Trinajstić information content (AvgIpc) is 2.83. The Morgan fingerprint density at radius 2 is 1.36 bits per heavy atom. The van der Waals surface area contributed by atoms with Crippen LogP contribution in [0.1, 0.15) is 42.5 Å². The van der Waals surface area contributed by atoms with E-state index in [4.69, 9.17) is 0 Å². The molecule has 0 amide bonds. The molecule has 0 aliphatic rings. The molecule has 0 aliphatic heterocycles. The van der Waals surface area contributed by atoms with Gasteiger partial charge >= 0.3 is 29.0 Å². The van der Waals surface area contributed by atoms with Crippen molar-refractivity contribution in [3.63, 3.8) is 0 Å². The van der Waals surface area contributed by atoms with E-state index < -0.39 is 24.0 Å². The van der Waals surface area contributed by atoms with Crippen molar-refractivity contribution in [1.82, 2.24) is 9.80 Å². The largest absolute Gasteiger partial charge is 2.00 e. The van der Waals surface area contributed by atoms with Crippen LogP contribution in [0.25, 0.3) is 0 Å². The zero-order valence-corrected chi connectivity index (χ0v) is 21.4. The number of benzene rings is 2. The number of aromatic hydroxyl groups is 2. The molecule has 10 nitrogen and oxygen atoms in total. The monoisotopic (exact) mass is 546 g/mol. The maximum absolute atomic E-state index is 11.9. The van der Waals surface area contributed by atoms with Gasteiger partial charge in [0, 0.05) is 37.3 Å². The minimum atomic E-state index is -1.07. The Balaban J connectivity index is 0.00000648. The third kappa shape index (κ3) is 8.48. The number of carboxylic acids is 2. The standard InChI is InChI=1S/C25H34N2O8.Fe/c1-3-21(25(34)35)27(13-20-10-17(14-28)5-7-22(20)30)9-8-26(16(2)24(32)33)12-19-6-4-18(15-29)11-23(19)31;/h4-7,10-11,16,21,28-31H,3,8-9,12-15H2,1-2H3,(H,32,33)(H,34,35);/q;+2. The summed E-state index contributed by atoms with van der Waals surface area (Å²) in [5.74, 6) is -2.21. The first-order chi connectivity index (χ1) is 16.6. The van der Waals surface area contributed by atoms with E-state index in [1.807, 2.05) is 0 Å². The number of carbonyl (C=O) groups is 2. The molecule has 0 aliphatic carbocycles. The van der Waals surface area contributed by atoms with Gasteiger partial charge in [-0.2, -0.15) is 0 Å². The summed E-state index contributed by atoms with van der Waals surface area (Å²) in [6.07, 6.45) is 0.285. The number of aliphatic carboxylic acids is 2. The van der Waals surface area contributed by atoms with Crippen LogP contribution >= 0.6 is 0 Å². The number of carboxylic acid groups (broad SMARTS) is 2. The molecule has 2 atom stereocenters. The third-order valence-corrected chi connectivity index (χ3v) is 6.10. The molecule has 0 heterocycles. The van der Waals surface area contributed by atoms with E-state index in [0.717, 1.165) is 0 Å². The Morgan fingerprint density at radius 1 is 0.806 bits per heavy atom. The number of aliphatic hydroxyl groups excluding tert-OH is 2. The number of nitrogens with zero attached hydrogens (tertiary/aromatic N) is 2. The maximum Gasteiger partial charge on any atom is 2.00 e. The summed E-state index contributed by atoms with van der Waals surface area (Å²) >= 11 is 0. The van der Waals surface area contributed by atoms with Crippen LogP contribution in [0.15, 0.2) is 36.4 Å². The molecule has 0 radical (unpaired) electrons. The van der Waals surface area contributed by atoms with E-state index in [9.17, 15) is 40.2 Å². The molecule has 0 fully saturated rings. The number of hydrogen-bond donors (Lipinski definition) is 6. The molecule has 2 aromatic rings. The van der Waals surface area contributed by atoms with Crippen LogP contribution < -0.4 is 0 Å². The number of aliphatic hydroxyl groups is 2. The van der Waals surface area contributed by atoms with Crippen molar-refractivity contribution in [2.24, 2.45) is 0 Å². The summed E-state index contributed by atoms with van der Waals surface area (Å²) in [6.45, 7) is 3.27. The summed E-state index contributed by atoms with van der Waals surface area (Å²) in [4.78, 5) is 27.0. The van der Waals surface area contributed by atoms with Crippen LogP contribution in [0.3, 0.4) is 0 Å². The van der Waals surface area contributed by atoms with Gasteiger partial charge in [0.15, 0.2) is 0 Å². The molecular formula is C25H34FeN2O8+2. The number of rotatable bonds is 14. The minimum absolute atomic E-state index is 0. The first kappa shape index (κ1) is 31.4. The normalized spacial score (nSPS) is 12.8. The Kier molecular flexibility index (Phi) is 12.9. The van der Waals surface area contributed by atoms with Gasteiger partial charge in [0.1, 0.15) is 23.6 Å². The van der Waals surface area contributed by atoms with Gasteiger partial charge < -0.3 is 30.6 Å². The number of phenolic OH excluding ortho intramolecular Hbond substituents is 2. The van der Waals surface area contributed by atoms with E-state index >= 15 is 0 Å². The van der Waals surface area contributed by atoms with E-state index in [2.05, 4.69) is 0 Å². The zero-order chi connectivity index (χ0) is 26.1. The quantitative estimate of drug-likeness (QED) is 0.193. The van der Waals surface area contributed by atoms with Crippen LogP contribution in [-0.4, -0.2) is 77.6 Å². The van der Waals surface area contributed by atoms with Crippen molar-refractivity contribution in [2.45, 2.75) is 58.7 Å². The average molecular weight is 546 g/mol. The summed E-state index contributed by atoms with van der Waals surface area (Å²) < 4.78 is 0. The second-order valence-corrected chi connectivity index (χ2v) is 8.46. The molecule has 0 spiro atoms. The molecule has 6 N–H and O–H groups in total. The number of hydrogen-bond acceptors (Lipinski definition) is 8. The van der Waals surface area contributed by atoms with Crippen molar-refractivity contribution < 1.29 is 57.3 Å². The Morgan fingerprint density at radius 3 is 1.89 bits per heavy atom. The minimum Gasteiger partial charge on any atom is -0.508 e. The van der Waals surface area contributed by atoms with Crippen LogP contribution in [0.2, 0.25) is 0 Å². The van der Waals surface area contributed by atoms with Crippen molar-refractivity contribution >= 4 is 11.9 Å². The smallest absolute Gasteiger partial charge is 0.508 e. The summed E-state index contributed by atoms with van der Waals surface area (Å²) in [7, 11) is 0. The molecule has 2 unspecified atom stereocenters. The van der Waals surface area contributed by atoms with E-state index in [0.29, 0.717) is 22.3 Å². The molecule has 198 valence electrons. The van der Waals surface area contributed by atoms with Gasteiger partial charge in [-0.3, -0.25) is 19.4 Å². The zero-order valence-electron chi connectivity index (χ0n) is 20.3. The second kappa shape index (κ2) is 14.8. The van der Waals surface area contributed by atoms with E-state index in [1.165, 1.54) is 19.1 Å². The van der Waals surface area contributed by atoms with Gasteiger partial charge in [0.2, 0.25) is 0 Å². The SMILES string of the molecule is CCC(C(=O)O)N(CCN(Cc1ccc(CO)cc1O)C(C)C(=O)O)Cc1cc(CO)ccc1O.[Fe+2]. The van der Waals surface area contributed by atoms with Gasteiger partial charge in [-0.05, 0) is 42.7 Å². The molecule has 2 aromatic carbocycles. The fourth-order valence-electron chi connectivity index (χ4n) is 3.90. The fraction of sp³-hybridized carbons (Fsp3) is 0.440. The van der Waals surface area contributed by atoms with Gasteiger partial charge in [-0.15, -0.1) is 0 Å². The van der Waals surface area contributed by atoms with Crippen LogP contribution in [0, 0.1) is 0 Å². The molecular weight excluding hydrogens is 512 g/mol. The van der Waals surface area contributed by atoms with E-state index in [-0.39, 0.29) is 74.4 Å². The Labute approximate surface area is 220 Å². The van der Waals surface area contributed by atoms with Crippen LogP contribution in [0.4, 0.5) is 0 Å². The van der Waals surface area contributed by atoms with Crippen molar-refractivity contribution in [3.8, 4) is 11.5 Å². The molecule has 2 rings (SSSR count). The van der Waals surface area contributed by atoms with Gasteiger partial charge in [0.05, 0.1) is 13.2 Å². The predicted molar refractivity (Wildman–Crippen MR) is 128 cm³/mol. The molecule has 0 saturated heterocycles. The third-order valence-electron chi connectivity index (χ3n) is 6.10. The predicted octanol–water partition coefficient (Wildman–Crippen LogP) is 1.72. The van der Waals surface area contributed by atoms with Crippen LogP contribution in [0.5, 0.6) is 11.5 Å². The topological polar surface area (TPSA) is 162 Å². The summed E-state index contributed by atoms with van der Waals surface area (Å²) in [5.41, 5.74) is 2.02. The second-order valence-electron chi connectivity index (χ2n) is 8.46. The molecule has 11 heteroatoms. The summed E-state index contributed by atoms with van der Waals surface area (Å²) in [6, 6.07) is 7.48. The Hall–Kier alpha value is -2.66. The first-order valence-corrected chi connectivity index (χ1v) is 11.4. The molecule has 36 heavy (non-hydrogen) atoms. The maximum atomic E-state index is 11.9. The van der Waals surface area contributed by atoms with Gasteiger partial charge in [-0.1, -0.05) is 25.1 Å². The molecule has 0 aromatic heterocycles. The van der Waals surface area contributed by atoms with Crippen molar-refractivity contribution in [1.29, 1.82) is 0 Å². The van der Waals surface area contributed by atoms with E-state index in [1.54, 1.807) is 41.0 Å². The van der Waals surface area contributed by atoms with Crippen molar-refractivity contribution in [3.05, 3.63) is 58.7 Å². The molecule has 0 bridgehead atoms. The first-order valence-electron chi connectivity index (χ1n) is 11.4. The molecule has 0 saturated carbocycles. The Bertz CT molecular complexity index is 1020. The number of phenols is 2. The van der Waals surface area contributed by atoms with Gasteiger partial charge in [0.25, 0.3) is 0 Å². The fourth-order valence-corrected chi connectivity index (χ4v) is 3.90.